The molecule has 0 atom stereocenters. The van der Waals surface area contributed by atoms with Crippen molar-refractivity contribution >= 4 is 28.8 Å². The molecular formula is C22H15F6NO2S. The van der Waals surface area contributed by atoms with Crippen LogP contribution < -0.4 is 0 Å². The number of nitrogens with zero attached hydrogens (tertiary/aromatic N) is 1. The summed E-state index contributed by atoms with van der Waals surface area (Å²) < 4.78 is 93.5. The second-order valence-electron chi connectivity index (χ2n) is 7.49. The SMILES string of the molecule is Cc1noc(C)c1C1=C(c2cc(-c3ccc(C=O)cc3)sc2C)C(F)(F)C(F)(F)C1(F)F. The highest BCUT2D eigenvalue weighted by atomic mass is 32.1. The number of alkyl halides is 6. The molecule has 0 spiro atoms. The van der Waals surface area contributed by atoms with Crippen molar-refractivity contribution in [2.45, 2.75) is 38.5 Å². The van der Waals surface area contributed by atoms with Crippen molar-refractivity contribution in [2.75, 3.05) is 0 Å². The number of carbonyl (C=O) groups excluding carboxylic acids is 1. The van der Waals surface area contributed by atoms with Gasteiger partial charge in [0.05, 0.1) is 11.3 Å². The first kappa shape index (κ1) is 22.3. The van der Waals surface area contributed by atoms with E-state index in [-0.39, 0.29) is 16.3 Å². The predicted molar refractivity (Wildman–Crippen MR) is 108 cm³/mol. The van der Waals surface area contributed by atoms with Crippen molar-refractivity contribution in [3.05, 3.63) is 63.4 Å². The molecule has 168 valence electrons. The summed E-state index contributed by atoms with van der Waals surface area (Å²) in [5.74, 6) is -16.2. The average Bonchev–Trinajstić information content (AvgIpc) is 3.29. The Labute approximate surface area is 182 Å². The van der Waals surface area contributed by atoms with E-state index < -0.39 is 40.0 Å². The maximum Gasteiger partial charge on any atom is 0.380 e. The number of rotatable bonds is 4. The molecule has 0 radical (unpaired) electrons. The van der Waals surface area contributed by atoms with Gasteiger partial charge in [0.25, 0.3) is 0 Å². The number of hydrogen-bond donors (Lipinski definition) is 0. The zero-order valence-corrected chi connectivity index (χ0v) is 17.7. The Kier molecular flexibility index (Phi) is 4.92. The van der Waals surface area contributed by atoms with E-state index in [0.29, 0.717) is 22.3 Å². The molecule has 0 amide bonds. The number of carbonyl (C=O) groups is 1. The van der Waals surface area contributed by atoms with Gasteiger partial charge in [0.15, 0.2) is 0 Å². The molecule has 0 bridgehead atoms. The Morgan fingerprint density at radius 1 is 0.938 bits per heavy atom. The third-order valence-corrected chi connectivity index (χ3v) is 6.57. The first-order valence-electron chi connectivity index (χ1n) is 9.33. The van der Waals surface area contributed by atoms with Crippen molar-refractivity contribution in [3.8, 4) is 10.4 Å². The minimum absolute atomic E-state index is 0.159. The molecule has 3 nitrogen and oxygen atoms in total. The van der Waals surface area contributed by atoms with Gasteiger partial charge < -0.3 is 4.52 Å². The lowest BCUT2D eigenvalue weighted by atomic mass is 9.93. The normalized spacial score (nSPS) is 18.9. The number of hydrogen-bond acceptors (Lipinski definition) is 4. The van der Waals surface area contributed by atoms with Crippen LogP contribution in [0.1, 0.15) is 37.8 Å². The van der Waals surface area contributed by atoms with E-state index in [9.17, 15) is 31.1 Å². The Morgan fingerprint density at radius 2 is 1.53 bits per heavy atom. The van der Waals surface area contributed by atoms with Crippen molar-refractivity contribution in [1.82, 2.24) is 5.16 Å². The van der Waals surface area contributed by atoms with Crippen molar-refractivity contribution < 1.29 is 35.7 Å². The lowest BCUT2D eigenvalue weighted by Gasteiger charge is -2.25. The van der Waals surface area contributed by atoms with Gasteiger partial charge in [0.1, 0.15) is 12.0 Å². The maximum absolute atomic E-state index is 15.0. The number of halogens is 6. The minimum atomic E-state index is -5.65. The molecule has 0 aliphatic heterocycles. The van der Waals surface area contributed by atoms with Crippen LogP contribution in [-0.4, -0.2) is 29.2 Å². The van der Waals surface area contributed by atoms with Gasteiger partial charge in [-0.15, -0.1) is 11.3 Å². The molecule has 3 aromatic rings. The van der Waals surface area contributed by atoms with E-state index in [0.717, 1.165) is 11.3 Å². The summed E-state index contributed by atoms with van der Waals surface area (Å²) in [6.07, 6.45) is 0.624. The second-order valence-corrected chi connectivity index (χ2v) is 8.75. The van der Waals surface area contributed by atoms with Crippen molar-refractivity contribution in [1.29, 1.82) is 0 Å². The van der Waals surface area contributed by atoms with Crippen LogP contribution in [0.15, 0.2) is 34.9 Å². The van der Waals surface area contributed by atoms with Crippen LogP contribution in [0.2, 0.25) is 0 Å². The molecule has 0 saturated carbocycles. The van der Waals surface area contributed by atoms with Crippen molar-refractivity contribution in [3.63, 3.8) is 0 Å². The van der Waals surface area contributed by atoms with E-state index in [1.54, 1.807) is 12.1 Å². The molecule has 1 aliphatic carbocycles. The van der Waals surface area contributed by atoms with Gasteiger partial charge in [-0.3, -0.25) is 4.79 Å². The summed E-state index contributed by atoms with van der Waals surface area (Å²) >= 11 is 0.992. The number of benzene rings is 1. The highest BCUT2D eigenvalue weighted by Crippen LogP contribution is 2.65. The highest BCUT2D eigenvalue weighted by molar-refractivity contribution is 7.15. The molecular weight excluding hydrogens is 456 g/mol. The largest absolute Gasteiger partial charge is 0.380 e. The van der Waals surface area contributed by atoms with E-state index in [1.165, 1.54) is 39.0 Å². The zero-order chi connectivity index (χ0) is 23.6. The summed E-state index contributed by atoms with van der Waals surface area (Å²) in [5, 5.41) is 3.48. The molecule has 10 heteroatoms. The minimum Gasteiger partial charge on any atom is -0.361 e. The molecule has 0 saturated heterocycles. The van der Waals surface area contributed by atoms with Gasteiger partial charge in [-0.05, 0) is 38.0 Å². The third kappa shape index (κ3) is 2.88. The van der Waals surface area contributed by atoms with E-state index in [1.807, 2.05) is 0 Å². The predicted octanol–water partition coefficient (Wildman–Crippen LogP) is 6.97. The first-order valence-corrected chi connectivity index (χ1v) is 10.1. The Bertz CT molecular complexity index is 1230. The summed E-state index contributed by atoms with van der Waals surface area (Å²) in [5.41, 5.74) is -3.16. The first-order chi connectivity index (χ1) is 14.8. The summed E-state index contributed by atoms with van der Waals surface area (Å²) in [6.45, 7) is 3.82. The Morgan fingerprint density at radius 3 is 2.06 bits per heavy atom. The third-order valence-electron chi connectivity index (χ3n) is 5.47. The second kappa shape index (κ2) is 7.06. The van der Waals surface area contributed by atoms with Crippen LogP contribution in [0, 0.1) is 20.8 Å². The van der Waals surface area contributed by atoms with Crippen LogP contribution in [-0.2, 0) is 0 Å². The molecule has 0 fully saturated rings. The van der Waals surface area contributed by atoms with Gasteiger partial charge in [-0.1, -0.05) is 29.4 Å². The molecule has 1 aliphatic rings. The fraction of sp³-hybridized carbons (Fsp3) is 0.273. The van der Waals surface area contributed by atoms with E-state index in [2.05, 4.69) is 5.16 Å². The molecule has 2 heterocycles. The zero-order valence-electron chi connectivity index (χ0n) is 16.9. The molecule has 32 heavy (non-hydrogen) atoms. The monoisotopic (exact) mass is 471 g/mol. The lowest BCUT2D eigenvalue weighted by Crippen LogP contribution is -2.49. The van der Waals surface area contributed by atoms with E-state index in [4.69, 9.17) is 4.52 Å². The quantitative estimate of drug-likeness (QED) is 0.305. The van der Waals surface area contributed by atoms with Crippen LogP contribution in [0.3, 0.4) is 0 Å². The van der Waals surface area contributed by atoms with Gasteiger partial charge in [0.2, 0.25) is 0 Å². The standard InChI is InChI=1S/C22H15F6NO2S/c1-10-17(11(2)31-29-10)19-18(20(23,24)22(27,28)21(19,25)26)15-8-16(32-12(15)3)14-6-4-13(9-30)5-7-14/h4-9H,1-3H3. The molecule has 4 rings (SSSR count). The number of thiophene rings is 1. The van der Waals surface area contributed by atoms with Gasteiger partial charge in [0, 0.05) is 26.5 Å². The topological polar surface area (TPSA) is 43.1 Å². The van der Waals surface area contributed by atoms with Gasteiger partial charge in [-0.2, -0.15) is 26.3 Å². The smallest absolute Gasteiger partial charge is 0.361 e. The number of allylic oxidation sites excluding steroid dienone is 2. The van der Waals surface area contributed by atoms with Crippen molar-refractivity contribution in [2.24, 2.45) is 0 Å². The lowest BCUT2D eigenvalue weighted by molar-refractivity contribution is -0.254. The van der Waals surface area contributed by atoms with Crippen LogP contribution in [0.25, 0.3) is 21.6 Å². The maximum atomic E-state index is 15.0. The average molecular weight is 471 g/mol. The fourth-order valence-electron chi connectivity index (χ4n) is 3.85. The summed E-state index contributed by atoms with van der Waals surface area (Å²) in [6, 6.07) is 7.29. The summed E-state index contributed by atoms with van der Waals surface area (Å²) in [4.78, 5) is 11.4. The summed E-state index contributed by atoms with van der Waals surface area (Å²) in [7, 11) is 0. The highest BCUT2D eigenvalue weighted by Gasteiger charge is 2.80. The number of aldehydes is 1. The molecule has 0 N–H and O–H groups in total. The van der Waals surface area contributed by atoms with Crippen LogP contribution in [0.5, 0.6) is 0 Å². The molecule has 2 aromatic heterocycles. The van der Waals surface area contributed by atoms with Gasteiger partial charge >= 0.3 is 17.8 Å². The fourth-order valence-corrected chi connectivity index (χ4v) is 4.88. The van der Waals surface area contributed by atoms with Gasteiger partial charge in [-0.25, -0.2) is 0 Å². The molecule has 1 aromatic carbocycles. The molecule has 0 unspecified atom stereocenters. The number of aromatic nitrogens is 1. The Balaban J connectivity index is 2.01. The van der Waals surface area contributed by atoms with Crippen LogP contribution >= 0.6 is 11.3 Å². The van der Waals surface area contributed by atoms with Crippen LogP contribution in [0.4, 0.5) is 26.3 Å². The number of aryl methyl sites for hydroxylation is 3. The van der Waals surface area contributed by atoms with E-state index >= 15 is 0 Å². The Hall–Kier alpha value is -2.88.